The quantitative estimate of drug-likeness (QED) is 0.616. The summed E-state index contributed by atoms with van der Waals surface area (Å²) in [6.45, 7) is 1.80. The van der Waals surface area contributed by atoms with Gasteiger partial charge in [-0.15, -0.1) is 10.2 Å². The second-order valence-electron chi connectivity index (χ2n) is 5.56. The fraction of sp³-hybridized carbons (Fsp3) is 0.375. The number of benzene rings is 1. The lowest BCUT2D eigenvalue weighted by molar-refractivity contribution is -0.143. The summed E-state index contributed by atoms with van der Waals surface area (Å²) in [5.41, 5.74) is 1.74. The number of hydrogen-bond donors (Lipinski definition) is 0. The second kappa shape index (κ2) is 6.64. The van der Waals surface area contributed by atoms with E-state index in [1.807, 2.05) is 31.3 Å². The predicted molar refractivity (Wildman–Crippen MR) is 89.8 cm³/mol. The van der Waals surface area contributed by atoms with Crippen LogP contribution < -0.4 is 4.90 Å². The van der Waals surface area contributed by atoms with E-state index in [-0.39, 0.29) is 5.91 Å². The Morgan fingerprint density at radius 1 is 1.38 bits per heavy atom. The van der Waals surface area contributed by atoms with Gasteiger partial charge in [-0.3, -0.25) is 9.69 Å². The number of methoxy groups -OCH3 is 1. The average molecular weight is 346 g/mol. The Labute approximate surface area is 144 Å². The summed E-state index contributed by atoms with van der Waals surface area (Å²) in [4.78, 5) is 26.7. The molecule has 0 saturated carbocycles. The number of rotatable bonds is 4. The van der Waals surface area contributed by atoms with Gasteiger partial charge in [0.2, 0.25) is 5.91 Å². The number of anilines is 1. The number of para-hydroxylation sites is 1. The number of fused-ring (bicyclic) bond motifs is 1. The van der Waals surface area contributed by atoms with Gasteiger partial charge in [0.25, 0.3) is 0 Å². The molecule has 7 nitrogen and oxygen atoms in total. The van der Waals surface area contributed by atoms with Crippen LogP contribution in [-0.2, 0) is 27.8 Å². The van der Waals surface area contributed by atoms with Crippen LogP contribution in [0.25, 0.3) is 0 Å². The van der Waals surface area contributed by atoms with E-state index in [0.29, 0.717) is 11.6 Å². The Hall–Kier alpha value is -2.35. The van der Waals surface area contributed by atoms with Gasteiger partial charge in [0.05, 0.1) is 12.4 Å². The molecule has 126 valence electrons. The minimum Gasteiger partial charge on any atom is -0.467 e. The van der Waals surface area contributed by atoms with E-state index >= 15 is 0 Å². The van der Waals surface area contributed by atoms with Crippen molar-refractivity contribution in [3.05, 3.63) is 36.2 Å². The van der Waals surface area contributed by atoms with Crippen molar-refractivity contribution in [1.29, 1.82) is 0 Å². The van der Waals surface area contributed by atoms with Gasteiger partial charge >= 0.3 is 5.97 Å². The van der Waals surface area contributed by atoms with Crippen LogP contribution >= 0.6 is 11.8 Å². The standard InChI is InChI=1S/C16H18N4O3S/c1-10(24-16-18-17-9-19(16)2)14(21)20-12-7-5-4-6-11(12)8-13(20)15(22)23-3/h4-7,9-10,13H,8H2,1-3H3. The number of hydrogen-bond acceptors (Lipinski definition) is 6. The molecule has 1 amide bonds. The molecule has 0 N–H and O–H groups in total. The first-order chi connectivity index (χ1) is 11.5. The summed E-state index contributed by atoms with van der Waals surface area (Å²) >= 11 is 1.31. The maximum Gasteiger partial charge on any atom is 0.329 e. The molecular formula is C16H18N4O3S. The summed E-state index contributed by atoms with van der Waals surface area (Å²) in [5, 5.41) is 8.05. The molecule has 24 heavy (non-hydrogen) atoms. The number of aromatic nitrogens is 3. The van der Waals surface area contributed by atoms with E-state index in [1.165, 1.54) is 18.9 Å². The van der Waals surface area contributed by atoms with E-state index in [1.54, 1.807) is 22.7 Å². The van der Waals surface area contributed by atoms with Crippen LogP contribution in [0.3, 0.4) is 0 Å². The van der Waals surface area contributed by atoms with Gasteiger partial charge in [0, 0.05) is 19.2 Å². The highest BCUT2D eigenvalue weighted by Gasteiger charge is 2.40. The Morgan fingerprint density at radius 2 is 2.12 bits per heavy atom. The summed E-state index contributed by atoms with van der Waals surface area (Å²) in [5.74, 6) is -0.557. The summed E-state index contributed by atoms with van der Waals surface area (Å²) < 4.78 is 6.64. The fourth-order valence-electron chi connectivity index (χ4n) is 2.77. The maximum absolute atomic E-state index is 13.0. The van der Waals surface area contributed by atoms with Crippen LogP contribution in [0.5, 0.6) is 0 Å². The van der Waals surface area contributed by atoms with Crippen molar-refractivity contribution in [3.8, 4) is 0 Å². The number of aryl methyl sites for hydroxylation is 1. The first kappa shape index (κ1) is 16.5. The van der Waals surface area contributed by atoms with Crippen molar-refractivity contribution in [3.63, 3.8) is 0 Å². The van der Waals surface area contributed by atoms with Gasteiger partial charge in [-0.1, -0.05) is 30.0 Å². The number of carbonyl (C=O) groups is 2. The van der Waals surface area contributed by atoms with Gasteiger partial charge in [0.15, 0.2) is 5.16 Å². The van der Waals surface area contributed by atoms with Gasteiger partial charge in [-0.25, -0.2) is 4.79 Å². The Bertz CT molecular complexity index is 776. The van der Waals surface area contributed by atoms with Crippen LogP contribution in [0, 0.1) is 0 Å². The van der Waals surface area contributed by atoms with E-state index < -0.39 is 17.3 Å². The molecule has 2 aromatic rings. The van der Waals surface area contributed by atoms with Crippen LogP contribution in [0.4, 0.5) is 5.69 Å². The third-order valence-corrected chi connectivity index (χ3v) is 5.12. The minimum absolute atomic E-state index is 0.150. The topological polar surface area (TPSA) is 77.3 Å². The zero-order valence-corrected chi connectivity index (χ0v) is 14.5. The molecule has 3 rings (SSSR count). The molecule has 0 fully saturated rings. The molecule has 0 bridgehead atoms. The molecule has 1 aromatic heterocycles. The van der Waals surface area contributed by atoms with E-state index in [9.17, 15) is 9.59 Å². The van der Waals surface area contributed by atoms with Crippen molar-refractivity contribution in [2.75, 3.05) is 12.0 Å². The number of ether oxygens (including phenoxy) is 1. The lowest BCUT2D eigenvalue weighted by atomic mass is 10.1. The van der Waals surface area contributed by atoms with Crippen LogP contribution in [0.15, 0.2) is 35.7 Å². The monoisotopic (exact) mass is 346 g/mol. The normalized spacial score (nSPS) is 17.5. The smallest absolute Gasteiger partial charge is 0.329 e. The highest BCUT2D eigenvalue weighted by molar-refractivity contribution is 8.00. The highest BCUT2D eigenvalue weighted by atomic mass is 32.2. The summed E-state index contributed by atoms with van der Waals surface area (Å²) in [6.07, 6.45) is 2.05. The third kappa shape index (κ3) is 2.89. The van der Waals surface area contributed by atoms with Crippen molar-refractivity contribution >= 4 is 29.3 Å². The molecule has 0 saturated heterocycles. The number of nitrogens with zero attached hydrogens (tertiary/aromatic N) is 4. The Kier molecular flexibility index (Phi) is 4.57. The first-order valence-electron chi connectivity index (χ1n) is 7.52. The van der Waals surface area contributed by atoms with Crippen molar-refractivity contribution in [2.24, 2.45) is 7.05 Å². The van der Waals surface area contributed by atoms with Crippen LogP contribution in [-0.4, -0.2) is 45.0 Å². The van der Waals surface area contributed by atoms with Crippen molar-refractivity contribution in [1.82, 2.24) is 14.8 Å². The van der Waals surface area contributed by atoms with Gasteiger partial charge in [0.1, 0.15) is 12.4 Å². The molecule has 1 aliphatic rings. The van der Waals surface area contributed by atoms with Crippen LogP contribution in [0.2, 0.25) is 0 Å². The summed E-state index contributed by atoms with van der Waals surface area (Å²) in [7, 11) is 3.16. The fourth-order valence-corrected chi connectivity index (χ4v) is 3.61. The largest absolute Gasteiger partial charge is 0.467 e. The number of esters is 1. The zero-order chi connectivity index (χ0) is 17.3. The molecular weight excluding hydrogens is 328 g/mol. The lowest BCUT2D eigenvalue weighted by Crippen LogP contribution is -2.46. The van der Waals surface area contributed by atoms with Crippen molar-refractivity contribution in [2.45, 2.75) is 29.8 Å². The van der Waals surface area contributed by atoms with Gasteiger partial charge in [-0.05, 0) is 18.6 Å². The van der Waals surface area contributed by atoms with Gasteiger partial charge in [-0.2, -0.15) is 0 Å². The lowest BCUT2D eigenvalue weighted by Gasteiger charge is -2.26. The van der Waals surface area contributed by atoms with Crippen molar-refractivity contribution < 1.29 is 14.3 Å². The molecule has 0 aliphatic carbocycles. The number of amides is 1. The second-order valence-corrected chi connectivity index (χ2v) is 6.87. The highest BCUT2D eigenvalue weighted by Crippen LogP contribution is 2.35. The zero-order valence-electron chi connectivity index (χ0n) is 13.7. The Balaban J connectivity index is 1.87. The predicted octanol–water partition coefficient (Wildman–Crippen LogP) is 1.43. The molecule has 2 heterocycles. The van der Waals surface area contributed by atoms with E-state index in [0.717, 1.165) is 11.3 Å². The molecule has 2 atom stereocenters. The molecule has 1 aliphatic heterocycles. The number of carbonyl (C=O) groups excluding carboxylic acids is 2. The summed E-state index contributed by atoms with van der Waals surface area (Å²) in [6, 6.07) is 6.93. The molecule has 8 heteroatoms. The molecule has 0 radical (unpaired) electrons. The Morgan fingerprint density at radius 3 is 2.79 bits per heavy atom. The SMILES string of the molecule is COC(=O)C1Cc2ccccc2N1C(=O)C(C)Sc1nncn1C. The van der Waals surface area contributed by atoms with E-state index in [4.69, 9.17) is 4.74 Å². The molecule has 2 unspecified atom stereocenters. The molecule has 1 aromatic carbocycles. The number of thioether (sulfide) groups is 1. The third-order valence-electron chi connectivity index (χ3n) is 3.99. The first-order valence-corrected chi connectivity index (χ1v) is 8.40. The average Bonchev–Trinajstić information content (AvgIpc) is 3.17. The molecule has 0 spiro atoms. The maximum atomic E-state index is 13.0. The van der Waals surface area contributed by atoms with Gasteiger partial charge < -0.3 is 9.30 Å². The van der Waals surface area contributed by atoms with E-state index in [2.05, 4.69) is 10.2 Å². The van der Waals surface area contributed by atoms with Crippen LogP contribution in [0.1, 0.15) is 12.5 Å². The minimum atomic E-state index is -0.623.